The van der Waals surface area contributed by atoms with Crippen molar-refractivity contribution < 1.29 is 22.4 Å². The molecule has 2 N–H and O–H groups in total. The van der Waals surface area contributed by atoms with Crippen LogP contribution in [0.4, 0.5) is 29.1 Å². The first kappa shape index (κ1) is 23.4. The summed E-state index contributed by atoms with van der Waals surface area (Å²) < 4.78 is 55.9. The van der Waals surface area contributed by atoms with Gasteiger partial charge in [-0.15, -0.1) is 0 Å². The zero-order chi connectivity index (χ0) is 25.6. The molecule has 5 rings (SSSR count). The molecule has 1 amide bonds. The van der Waals surface area contributed by atoms with Crippen LogP contribution in [0.25, 0.3) is 22.5 Å². The Balaban J connectivity index is 1.58. The quantitative estimate of drug-likeness (QED) is 0.415. The van der Waals surface area contributed by atoms with Crippen molar-refractivity contribution >= 4 is 17.4 Å². The van der Waals surface area contributed by atoms with Crippen LogP contribution in [0.3, 0.4) is 0 Å². The Morgan fingerprint density at radius 1 is 1.17 bits per heavy atom. The van der Waals surface area contributed by atoms with Crippen molar-refractivity contribution in [3.05, 3.63) is 71.0 Å². The highest BCUT2D eigenvalue weighted by Gasteiger charge is 2.31. The van der Waals surface area contributed by atoms with Crippen LogP contribution in [0.1, 0.15) is 21.6 Å². The third-order valence-electron chi connectivity index (χ3n) is 5.86. The zero-order valence-electron chi connectivity index (χ0n) is 19.1. The van der Waals surface area contributed by atoms with Gasteiger partial charge < -0.3 is 15.2 Å². The molecule has 1 aromatic carbocycles. The minimum absolute atomic E-state index is 0.187. The normalized spacial score (nSPS) is 13.6. The van der Waals surface area contributed by atoms with E-state index in [1.165, 1.54) is 12.1 Å². The van der Waals surface area contributed by atoms with E-state index >= 15 is 0 Å². The first-order valence-electron chi connectivity index (χ1n) is 10.9. The number of nitrogens with one attached hydrogen (secondary N) is 2. The van der Waals surface area contributed by atoms with Crippen molar-refractivity contribution in [1.82, 2.24) is 19.5 Å². The van der Waals surface area contributed by atoms with Gasteiger partial charge in [0.25, 0.3) is 5.91 Å². The van der Waals surface area contributed by atoms with E-state index in [1.54, 1.807) is 20.2 Å². The van der Waals surface area contributed by atoms with Crippen LogP contribution in [-0.4, -0.2) is 39.0 Å². The van der Waals surface area contributed by atoms with Gasteiger partial charge in [0.15, 0.2) is 0 Å². The van der Waals surface area contributed by atoms with Gasteiger partial charge in [-0.05, 0) is 48.4 Å². The summed E-state index contributed by atoms with van der Waals surface area (Å²) in [7, 11) is 1.60. The predicted octanol–water partition coefficient (Wildman–Crippen LogP) is 4.12. The minimum Gasteiger partial charge on any atom is -0.369 e. The van der Waals surface area contributed by atoms with Gasteiger partial charge in [0.1, 0.15) is 23.2 Å². The lowest BCUT2D eigenvalue weighted by molar-refractivity contribution is -0.137. The molecule has 0 bridgehead atoms. The molecule has 184 valence electrons. The second-order valence-corrected chi connectivity index (χ2v) is 8.19. The molecule has 1 aromatic heterocycles. The second-order valence-electron chi connectivity index (χ2n) is 8.19. The molecule has 3 aliphatic heterocycles. The SMILES string of the molecule is CN=c1ncc2cc(-c3cc(NC(=O)c4cc(C(F)(F)F)ccn4)c(F)cc3C)c3n(c-2n1)CCN3. The predicted molar refractivity (Wildman–Crippen MR) is 124 cm³/mol. The third kappa shape index (κ3) is 4.14. The average Bonchev–Trinajstić information content (AvgIpc) is 3.35. The lowest BCUT2D eigenvalue weighted by atomic mass is 9.98. The number of benzene rings is 1. The fourth-order valence-electron chi connectivity index (χ4n) is 4.15. The molecule has 3 aliphatic rings. The molecule has 0 saturated heterocycles. The number of aromatic nitrogens is 4. The summed E-state index contributed by atoms with van der Waals surface area (Å²) in [5, 5.41) is 5.67. The summed E-state index contributed by atoms with van der Waals surface area (Å²) in [6.45, 7) is 3.02. The third-order valence-corrected chi connectivity index (χ3v) is 5.86. The van der Waals surface area contributed by atoms with E-state index in [2.05, 4.69) is 30.6 Å². The van der Waals surface area contributed by atoms with Gasteiger partial charge in [0.2, 0.25) is 5.62 Å². The van der Waals surface area contributed by atoms with Gasteiger partial charge in [-0.2, -0.15) is 18.2 Å². The molecule has 0 radical (unpaired) electrons. The van der Waals surface area contributed by atoms with E-state index in [0.29, 0.717) is 41.7 Å². The monoisotopic (exact) mass is 497 g/mol. The highest BCUT2D eigenvalue weighted by Crippen LogP contribution is 2.39. The number of rotatable bonds is 3. The molecule has 4 heterocycles. The zero-order valence-corrected chi connectivity index (χ0v) is 19.1. The number of pyridine rings is 2. The number of amides is 1. The van der Waals surface area contributed by atoms with E-state index in [0.717, 1.165) is 29.2 Å². The van der Waals surface area contributed by atoms with Crippen molar-refractivity contribution in [2.75, 3.05) is 24.2 Å². The Morgan fingerprint density at radius 2 is 1.97 bits per heavy atom. The molecule has 2 aromatic rings. The standard InChI is InChI=1S/C24H19F4N7O/c1-12-7-17(25)18(33-22(36)19-9-14(3-4-30-19)24(26,27)28)10-15(12)16-8-13-11-32-23(29-2)34-20(13)35-6-5-31-21(16)35/h3-4,7-11,31H,5-6H2,1-2H3,(H,33,36). The molecular formula is C24H19F4N7O. The number of aryl methyl sites for hydroxylation is 1. The smallest absolute Gasteiger partial charge is 0.369 e. The van der Waals surface area contributed by atoms with Crippen LogP contribution < -0.4 is 16.3 Å². The van der Waals surface area contributed by atoms with Crippen LogP contribution >= 0.6 is 0 Å². The number of carbonyl (C=O) groups is 1. The number of fused-ring (bicyclic) bond motifs is 3. The van der Waals surface area contributed by atoms with Gasteiger partial charge in [0, 0.05) is 43.7 Å². The molecule has 0 fully saturated rings. The Bertz CT molecular complexity index is 1540. The van der Waals surface area contributed by atoms with Gasteiger partial charge in [-0.25, -0.2) is 9.37 Å². The van der Waals surface area contributed by atoms with E-state index in [4.69, 9.17) is 0 Å². The lowest BCUT2D eigenvalue weighted by Crippen LogP contribution is -2.18. The second kappa shape index (κ2) is 8.70. The molecule has 36 heavy (non-hydrogen) atoms. The number of carbonyl (C=O) groups excluding carboxylic acids is 1. The number of alkyl halides is 3. The van der Waals surface area contributed by atoms with Crippen molar-refractivity contribution in [2.24, 2.45) is 4.99 Å². The molecule has 8 nitrogen and oxygen atoms in total. The van der Waals surface area contributed by atoms with Gasteiger partial charge in [-0.1, -0.05) is 0 Å². The Kier molecular flexibility index (Phi) is 5.65. The Hall–Kier alpha value is -4.35. The maximum Gasteiger partial charge on any atom is 0.416 e. The first-order chi connectivity index (χ1) is 17.2. The summed E-state index contributed by atoms with van der Waals surface area (Å²) in [4.78, 5) is 29.1. The summed E-state index contributed by atoms with van der Waals surface area (Å²) >= 11 is 0. The summed E-state index contributed by atoms with van der Waals surface area (Å²) in [5.74, 6) is -0.240. The minimum atomic E-state index is -4.64. The largest absolute Gasteiger partial charge is 0.416 e. The molecule has 12 heteroatoms. The Labute approximate surface area is 202 Å². The molecule has 0 saturated carbocycles. The number of halogens is 4. The van der Waals surface area contributed by atoms with Crippen molar-refractivity contribution in [3.63, 3.8) is 0 Å². The van der Waals surface area contributed by atoms with E-state index in [1.807, 2.05) is 10.6 Å². The fraction of sp³-hybridized carbons (Fsp3) is 0.208. The maximum atomic E-state index is 14.8. The van der Waals surface area contributed by atoms with Crippen molar-refractivity contribution in [3.8, 4) is 22.5 Å². The van der Waals surface area contributed by atoms with Crippen LogP contribution in [0.15, 0.2) is 47.7 Å². The number of anilines is 2. The maximum absolute atomic E-state index is 14.8. The van der Waals surface area contributed by atoms with Gasteiger partial charge in [0.05, 0.1) is 11.3 Å². The van der Waals surface area contributed by atoms with Crippen LogP contribution in [0.5, 0.6) is 0 Å². The molecule has 0 aliphatic carbocycles. The number of hydrogen-bond acceptors (Lipinski definition) is 6. The van der Waals surface area contributed by atoms with Crippen molar-refractivity contribution in [2.45, 2.75) is 19.6 Å². The summed E-state index contributed by atoms with van der Waals surface area (Å²) in [6, 6.07) is 5.95. The number of hydrogen-bond donors (Lipinski definition) is 2. The Morgan fingerprint density at radius 3 is 2.72 bits per heavy atom. The van der Waals surface area contributed by atoms with E-state index < -0.39 is 29.2 Å². The molecular weight excluding hydrogens is 478 g/mol. The van der Waals surface area contributed by atoms with Crippen molar-refractivity contribution in [1.29, 1.82) is 0 Å². The van der Waals surface area contributed by atoms with Crippen LogP contribution in [0.2, 0.25) is 0 Å². The molecule has 0 spiro atoms. The lowest BCUT2D eigenvalue weighted by Gasteiger charge is -2.19. The average molecular weight is 497 g/mol. The topological polar surface area (TPSA) is 97.1 Å². The van der Waals surface area contributed by atoms with Gasteiger partial charge in [-0.3, -0.25) is 14.8 Å². The van der Waals surface area contributed by atoms with Crippen LogP contribution in [0, 0.1) is 12.7 Å². The van der Waals surface area contributed by atoms with Crippen LogP contribution in [-0.2, 0) is 12.7 Å². The summed E-state index contributed by atoms with van der Waals surface area (Å²) in [5.41, 5.74) is 1.35. The number of nitrogens with zero attached hydrogens (tertiary/aromatic N) is 5. The highest BCUT2D eigenvalue weighted by molar-refractivity contribution is 6.03. The van der Waals surface area contributed by atoms with Gasteiger partial charge >= 0.3 is 6.18 Å². The highest BCUT2D eigenvalue weighted by atomic mass is 19.4. The summed E-state index contributed by atoms with van der Waals surface area (Å²) in [6.07, 6.45) is -2.10. The first-order valence-corrected chi connectivity index (χ1v) is 10.9. The molecule has 0 unspecified atom stereocenters. The molecule has 0 atom stereocenters. The van der Waals surface area contributed by atoms with E-state index in [9.17, 15) is 22.4 Å². The van der Waals surface area contributed by atoms with E-state index in [-0.39, 0.29) is 5.69 Å². The fourth-order valence-corrected chi connectivity index (χ4v) is 4.15.